The van der Waals surface area contributed by atoms with Crippen LogP contribution in [0.4, 0.5) is 15.1 Å². The Morgan fingerprint density at radius 3 is 2.55 bits per heavy atom. The third-order valence-electron chi connectivity index (χ3n) is 3.95. The predicted molar refractivity (Wildman–Crippen MR) is 109 cm³/mol. The van der Waals surface area contributed by atoms with E-state index in [-0.39, 0.29) is 37.5 Å². The average Bonchev–Trinajstić information content (AvgIpc) is 3.02. The molecule has 1 atom stereocenters. The number of methoxy groups -OCH3 is 1. The van der Waals surface area contributed by atoms with Gasteiger partial charge in [0.05, 0.1) is 12.8 Å². The topological polar surface area (TPSA) is 107 Å². The molecule has 0 saturated carbocycles. The second-order valence-electron chi connectivity index (χ2n) is 5.63. The van der Waals surface area contributed by atoms with Gasteiger partial charge in [0.15, 0.2) is 11.6 Å². The highest BCUT2D eigenvalue weighted by Gasteiger charge is 2.23. The van der Waals surface area contributed by atoms with Crippen LogP contribution in [0.3, 0.4) is 0 Å². The maximum Gasteiger partial charge on any atom is 0.339 e. The van der Waals surface area contributed by atoms with Gasteiger partial charge < -0.3 is 14.9 Å². The van der Waals surface area contributed by atoms with Crippen molar-refractivity contribution in [3.8, 4) is 22.6 Å². The first kappa shape index (κ1) is 21.1. The zero-order valence-electron chi connectivity index (χ0n) is 14.6. The molecule has 0 radical (unpaired) electrons. The number of hydrogen-bond acceptors (Lipinski definition) is 5. The predicted octanol–water partition coefficient (Wildman–Crippen LogP) is 4.89. The first-order valence-electron chi connectivity index (χ1n) is 7.84. The Morgan fingerprint density at radius 1 is 1.24 bits per heavy atom. The number of anilines is 2. The van der Waals surface area contributed by atoms with Crippen LogP contribution in [0.5, 0.6) is 11.5 Å². The molecule has 2 aromatic carbocycles. The van der Waals surface area contributed by atoms with Crippen molar-refractivity contribution < 1.29 is 32.9 Å². The molecule has 0 fully saturated rings. The summed E-state index contributed by atoms with van der Waals surface area (Å²) in [5.41, 5.74) is 0.110. The fraction of sp³-hybridized carbons (Fsp3) is 0.0556. The lowest BCUT2D eigenvalue weighted by atomic mass is 10.1. The Morgan fingerprint density at radius 2 is 1.97 bits per heavy atom. The number of ether oxygens (including phenoxy) is 1. The largest absolute Gasteiger partial charge is 0.507 e. The molecule has 3 rings (SSSR count). The van der Waals surface area contributed by atoms with Gasteiger partial charge >= 0.3 is 5.97 Å². The number of nitrogens with zero attached hydrogens (tertiary/aromatic N) is 1. The Labute approximate surface area is 176 Å². The lowest BCUT2D eigenvalue weighted by molar-refractivity contribution is 0.0693. The lowest BCUT2D eigenvalue weighted by Gasteiger charge is -2.18. The third kappa shape index (κ3) is 4.06. The summed E-state index contributed by atoms with van der Waals surface area (Å²) >= 11 is 4.58. The summed E-state index contributed by atoms with van der Waals surface area (Å²) in [6, 6.07) is 9.33. The molecule has 0 amide bonds. The summed E-state index contributed by atoms with van der Waals surface area (Å²) in [4.78, 5) is 11.1. The van der Waals surface area contributed by atoms with Crippen LogP contribution < -0.4 is 9.04 Å². The summed E-state index contributed by atoms with van der Waals surface area (Å²) in [6.45, 7) is 0. The average molecular weight is 458 g/mol. The van der Waals surface area contributed by atoms with Crippen LogP contribution in [0.1, 0.15) is 10.4 Å². The number of carboxylic acids is 1. The van der Waals surface area contributed by atoms with Crippen molar-refractivity contribution in [2.24, 2.45) is 0 Å². The molecule has 1 unspecified atom stereocenters. The van der Waals surface area contributed by atoms with Gasteiger partial charge in [0, 0.05) is 17.2 Å². The van der Waals surface area contributed by atoms with E-state index < -0.39 is 28.8 Å². The minimum atomic E-state index is -2.59. The molecule has 3 aromatic rings. The number of aromatic carboxylic acids is 1. The normalized spacial score (nSPS) is 11.9. The number of phenols is 1. The molecule has 7 nitrogen and oxygen atoms in total. The van der Waals surface area contributed by atoms with Crippen molar-refractivity contribution in [1.82, 2.24) is 0 Å². The van der Waals surface area contributed by atoms with Crippen molar-refractivity contribution in [1.29, 1.82) is 0 Å². The number of halogens is 2. The minimum absolute atomic E-state index is 0.0167. The summed E-state index contributed by atoms with van der Waals surface area (Å²) < 4.78 is 42.4. The Kier molecular flexibility index (Phi) is 6.08. The minimum Gasteiger partial charge on any atom is -0.507 e. The van der Waals surface area contributed by atoms with Crippen molar-refractivity contribution in [3.05, 3.63) is 58.2 Å². The van der Waals surface area contributed by atoms with E-state index in [1.807, 2.05) is 0 Å². The monoisotopic (exact) mass is 457 g/mol. The number of carboxylic acid groups (broad SMARTS) is 1. The second kappa shape index (κ2) is 8.37. The first-order valence-corrected chi connectivity index (χ1v) is 10.1. The maximum atomic E-state index is 14.6. The zero-order valence-corrected chi connectivity index (χ0v) is 17.0. The van der Waals surface area contributed by atoms with E-state index in [4.69, 9.17) is 21.4 Å². The number of aromatic hydroxyl groups is 1. The molecule has 29 heavy (non-hydrogen) atoms. The van der Waals surface area contributed by atoms with Gasteiger partial charge in [-0.15, -0.1) is 11.3 Å². The van der Waals surface area contributed by atoms with Gasteiger partial charge in [-0.25, -0.2) is 17.7 Å². The number of carbonyl (C=O) groups is 1. The van der Waals surface area contributed by atoms with Crippen LogP contribution in [0.15, 0.2) is 42.5 Å². The molecule has 11 heteroatoms. The van der Waals surface area contributed by atoms with E-state index in [1.165, 1.54) is 31.4 Å². The Balaban J connectivity index is 2.10. The van der Waals surface area contributed by atoms with Crippen molar-refractivity contribution >= 4 is 50.9 Å². The van der Waals surface area contributed by atoms with Gasteiger partial charge in [-0.1, -0.05) is 23.7 Å². The van der Waals surface area contributed by atoms with E-state index in [0.717, 1.165) is 27.8 Å². The molecule has 0 aliphatic carbocycles. The van der Waals surface area contributed by atoms with Gasteiger partial charge in [0.1, 0.15) is 20.7 Å². The van der Waals surface area contributed by atoms with Crippen molar-refractivity contribution in [2.45, 2.75) is 0 Å². The number of rotatable bonds is 6. The molecule has 152 valence electrons. The van der Waals surface area contributed by atoms with Crippen LogP contribution in [-0.2, 0) is 11.3 Å². The van der Waals surface area contributed by atoms with Gasteiger partial charge in [0.2, 0.25) is 0 Å². The molecule has 0 bridgehead atoms. The van der Waals surface area contributed by atoms with Crippen molar-refractivity contribution in [3.63, 3.8) is 0 Å². The maximum absolute atomic E-state index is 14.6. The van der Waals surface area contributed by atoms with E-state index in [2.05, 4.69) is 0 Å². The highest BCUT2D eigenvalue weighted by Crippen LogP contribution is 2.45. The molecular weight excluding hydrogens is 445 g/mol. The second-order valence-corrected chi connectivity index (χ2v) is 8.08. The SMILES string of the molecule is COc1cccc(-c2cc(N(c3ccc(C(=O)O)c(O)c3)S(=O)O)sc2Cl)c1F. The summed E-state index contributed by atoms with van der Waals surface area (Å²) in [7, 11) is 1.33. The van der Waals surface area contributed by atoms with Gasteiger partial charge in [0.25, 0.3) is 11.3 Å². The van der Waals surface area contributed by atoms with Gasteiger partial charge in [-0.3, -0.25) is 4.55 Å². The van der Waals surface area contributed by atoms with Crippen LogP contribution in [0.25, 0.3) is 11.1 Å². The van der Waals surface area contributed by atoms with Gasteiger partial charge in [-0.2, -0.15) is 0 Å². The molecule has 0 saturated heterocycles. The van der Waals surface area contributed by atoms with Crippen LogP contribution in [0.2, 0.25) is 4.34 Å². The van der Waals surface area contributed by atoms with Crippen LogP contribution in [-0.4, -0.2) is 32.1 Å². The molecule has 0 aliphatic rings. The molecule has 1 heterocycles. The Hall–Kier alpha value is -2.66. The number of thiophene rings is 1. The summed E-state index contributed by atoms with van der Waals surface area (Å²) in [5.74, 6) is -2.54. The highest BCUT2D eigenvalue weighted by molar-refractivity contribution is 7.81. The lowest BCUT2D eigenvalue weighted by Crippen LogP contribution is -2.18. The van der Waals surface area contributed by atoms with E-state index >= 15 is 0 Å². The molecule has 1 aromatic heterocycles. The first-order chi connectivity index (χ1) is 13.7. The fourth-order valence-electron chi connectivity index (χ4n) is 2.64. The fourth-order valence-corrected chi connectivity index (χ4v) is 4.66. The summed E-state index contributed by atoms with van der Waals surface area (Å²) in [5, 5.41) is 19.1. The van der Waals surface area contributed by atoms with Gasteiger partial charge in [-0.05, 0) is 24.3 Å². The molecule has 3 N–H and O–H groups in total. The van der Waals surface area contributed by atoms with E-state index in [9.17, 15) is 23.1 Å². The molecule has 0 aliphatic heterocycles. The number of hydrogen-bond donors (Lipinski definition) is 3. The Bertz CT molecular complexity index is 1120. The third-order valence-corrected chi connectivity index (χ3v) is 6.13. The quantitative estimate of drug-likeness (QED) is 0.455. The van der Waals surface area contributed by atoms with Crippen molar-refractivity contribution in [2.75, 3.05) is 11.4 Å². The molecule has 0 spiro atoms. The molecular formula is C18H13ClFNO6S2. The standard InChI is InChI=1S/C18H13ClFNO6S2/c1-27-14-4-2-3-10(16(14)20)12-8-15(28-17(12)19)21(29(25)26)9-5-6-11(18(23)24)13(22)7-9/h2-8,22H,1H3,(H,23,24)(H,25,26). The van der Waals surface area contributed by atoms with Crippen LogP contribution >= 0.6 is 22.9 Å². The van der Waals surface area contributed by atoms with E-state index in [1.54, 1.807) is 6.07 Å². The highest BCUT2D eigenvalue weighted by atomic mass is 35.5. The zero-order chi connectivity index (χ0) is 21.3. The van der Waals surface area contributed by atoms with Crippen LogP contribution in [0, 0.1) is 5.82 Å². The van der Waals surface area contributed by atoms with E-state index in [0.29, 0.717) is 0 Å². The summed E-state index contributed by atoms with van der Waals surface area (Å²) in [6.07, 6.45) is 0. The number of benzene rings is 2. The smallest absolute Gasteiger partial charge is 0.339 e.